The normalized spacial score (nSPS) is 18.7. The molecule has 1 aromatic rings. The van der Waals surface area contributed by atoms with Crippen molar-refractivity contribution in [2.75, 3.05) is 37.3 Å². The van der Waals surface area contributed by atoms with Gasteiger partial charge < -0.3 is 15.5 Å². The van der Waals surface area contributed by atoms with Gasteiger partial charge in [0.2, 0.25) is 11.9 Å². The molecule has 1 aliphatic rings. The van der Waals surface area contributed by atoms with Crippen molar-refractivity contribution in [3.05, 3.63) is 0 Å². The fourth-order valence-corrected chi connectivity index (χ4v) is 2.72. The van der Waals surface area contributed by atoms with Crippen molar-refractivity contribution in [1.29, 1.82) is 0 Å². The number of piperidine rings is 1. The van der Waals surface area contributed by atoms with Gasteiger partial charge in [0.15, 0.2) is 0 Å². The zero-order valence-electron chi connectivity index (χ0n) is 13.0. The van der Waals surface area contributed by atoms with Crippen LogP contribution < -0.4 is 10.6 Å². The average molecular weight is 280 g/mol. The molecule has 114 valence electrons. The molecule has 0 aliphatic carbocycles. The van der Waals surface area contributed by atoms with Gasteiger partial charge in [0.1, 0.15) is 0 Å². The van der Waals surface area contributed by atoms with Crippen LogP contribution in [0.15, 0.2) is 0 Å². The molecule has 2 heterocycles. The van der Waals surface area contributed by atoms with E-state index < -0.39 is 0 Å². The Hall–Kier alpha value is -1.30. The van der Waals surface area contributed by atoms with Crippen molar-refractivity contribution in [3.8, 4) is 0 Å². The fourth-order valence-electron chi connectivity index (χ4n) is 2.72. The van der Waals surface area contributed by atoms with Gasteiger partial charge in [-0.2, -0.15) is 4.98 Å². The van der Waals surface area contributed by atoms with E-state index in [1.165, 1.54) is 32.2 Å². The summed E-state index contributed by atoms with van der Waals surface area (Å²) in [5, 5.41) is 6.83. The van der Waals surface area contributed by atoms with Crippen LogP contribution in [-0.2, 0) is 0 Å². The lowest BCUT2D eigenvalue weighted by molar-refractivity contribution is 0.195. The lowest BCUT2D eigenvalue weighted by Crippen LogP contribution is -2.44. The second-order valence-corrected chi connectivity index (χ2v) is 6.02. The molecular formula is C14H28N6. The number of rotatable bonds is 6. The predicted octanol–water partition coefficient (Wildman–Crippen LogP) is 1.72. The van der Waals surface area contributed by atoms with Crippen LogP contribution in [0.3, 0.4) is 0 Å². The maximum absolute atomic E-state index is 5.58. The Kier molecular flexibility index (Phi) is 5.23. The van der Waals surface area contributed by atoms with Crippen molar-refractivity contribution >= 4 is 11.9 Å². The zero-order chi connectivity index (χ0) is 14.5. The molecule has 3 N–H and O–H groups in total. The second kappa shape index (κ2) is 6.92. The van der Waals surface area contributed by atoms with Gasteiger partial charge in [-0.3, -0.25) is 0 Å². The number of hydrogen-bond acceptors (Lipinski definition) is 5. The Morgan fingerprint density at radius 1 is 1.45 bits per heavy atom. The van der Waals surface area contributed by atoms with Gasteiger partial charge in [0.25, 0.3) is 0 Å². The Morgan fingerprint density at radius 3 is 2.70 bits per heavy atom. The zero-order valence-corrected chi connectivity index (χ0v) is 13.0. The summed E-state index contributed by atoms with van der Waals surface area (Å²) in [4.78, 5) is 8.94. The largest absolute Gasteiger partial charge is 0.368 e. The van der Waals surface area contributed by atoms with Gasteiger partial charge in [-0.15, -0.1) is 5.10 Å². The second-order valence-electron chi connectivity index (χ2n) is 6.02. The van der Waals surface area contributed by atoms with Gasteiger partial charge in [-0.25, -0.2) is 5.10 Å². The minimum Gasteiger partial charge on any atom is -0.368 e. The topological polar surface area (TPSA) is 74.1 Å². The Bertz CT molecular complexity index is 396. The smallest absolute Gasteiger partial charge is 0.246 e. The van der Waals surface area contributed by atoms with E-state index in [1.54, 1.807) is 0 Å². The summed E-state index contributed by atoms with van der Waals surface area (Å²) >= 11 is 0. The monoisotopic (exact) mass is 280 g/mol. The number of nitrogens with one attached hydrogen (secondary N) is 1. The van der Waals surface area contributed by atoms with Crippen LogP contribution in [0.5, 0.6) is 0 Å². The first-order chi connectivity index (χ1) is 9.60. The number of nitrogens with zero attached hydrogens (tertiary/aromatic N) is 4. The Balaban J connectivity index is 1.76. The summed E-state index contributed by atoms with van der Waals surface area (Å²) in [6.45, 7) is 7.83. The van der Waals surface area contributed by atoms with Gasteiger partial charge in [0, 0.05) is 19.1 Å². The highest BCUT2D eigenvalue weighted by Crippen LogP contribution is 2.20. The molecule has 20 heavy (non-hydrogen) atoms. The molecule has 0 amide bonds. The van der Waals surface area contributed by atoms with E-state index in [0.29, 0.717) is 12.0 Å². The van der Waals surface area contributed by atoms with Crippen molar-refractivity contribution in [1.82, 2.24) is 20.1 Å². The maximum Gasteiger partial charge on any atom is 0.246 e. The van der Waals surface area contributed by atoms with E-state index in [0.717, 1.165) is 25.0 Å². The summed E-state index contributed by atoms with van der Waals surface area (Å²) in [6.07, 6.45) is 4.92. The van der Waals surface area contributed by atoms with Crippen molar-refractivity contribution < 1.29 is 0 Å². The Labute approximate surface area is 121 Å². The predicted molar refractivity (Wildman–Crippen MR) is 82.7 cm³/mol. The lowest BCUT2D eigenvalue weighted by Gasteiger charge is -2.36. The molecule has 6 heteroatoms. The number of nitrogens with two attached hydrogens (primary N) is 1. The van der Waals surface area contributed by atoms with Gasteiger partial charge in [-0.05, 0) is 38.8 Å². The molecule has 0 saturated carbocycles. The van der Waals surface area contributed by atoms with Crippen LogP contribution in [0.2, 0.25) is 0 Å². The van der Waals surface area contributed by atoms with Gasteiger partial charge in [-0.1, -0.05) is 20.3 Å². The molecule has 0 aromatic carbocycles. The first-order valence-corrected chi connectivity index (χ1v) is 7.73. The third-order valence-electron chi connectivity index (χ3n) is 4.53. The fraction of sp³-hybridized carbons (Fsp3) is 0.857. The number of nitrogen functional groups attached to an aromatic ring is 1. The number of H-pyrrole nitrogens is 1. The SMILES string of the molecule is CCC(C)CCN(C)C1CCN(c2n[nH]c(N)n2)CC1. The van der Waals surface area contributed by atoms with E-state index in [1.807, 2.05) is 0 Å². The Morgan fingerprint density at radius 2 is 2.15 bits per heavy atom. The van der Waals surface area contributed by atoms with E-state index in [9.17, 15) is 0 Å². The molecule has 0 radical (unpaired) electrons. The van der Waals surface area contributed by atoms with Crippen LogP contribution in [0.25, 0.3) is 0 Å². The molecule has 1 unspecified atom stereocenters. The number of aromatic amines is 1. The number of anilines is 2. The lowest BCUT2D eigenvalue weighted by atomic mass is 10.0. The number of hydrogen-bond donors (Lipinski definition) is 2. The van der Waals surface area contributed by atoms with Crippen LogP contribution in [-0.4, -0.2) is 52.8 Å². The molecule has 1 fully saturated rings. The highest BCUT2D eigenvalue weighted by Gasteiger charge is 2.24. The summed E-state index contributed by atoms with van der Waals surface area (Å²) in [5.41, 5.74) is 5.58. The van der Waals surface area contributed by atoms with Crippen LogP contribution in [0.4, 0.5) is 11.9 Å². The molecule has 2 rings (SSSR count). The quantitative estimate of drug-likeness (QED) is 0.830. The molecule has 1 atom stereocenters. The van der Waals surface area contributed by atoms with Crippen LogP contribution in [0.1, 0.15) is 39.5 Å². The standard InChI is InChI=1S/C14H28N6/c1-4-11(2)5-8-19(3)12-6-9-20(10-7-12)14-16-13(15)17-18-14/h11-12H,4-10H2,1-3H3,(H3,15,16,17,18). The molecule has 1 aromatic heterocycles. The minimum absolute atomic E-state index is 0.396. The van der Waals surface area contributed by atoms with Gasteiger partial charge in [0.05, 0.1) is 0 Å². The van der Waals surface area contributed by atoms with E-state index >= 15 is 0 Å². The van der Waals surface area contributed by atoms with E-state index in [2.05, 4.69) is 45.9 Å². The summed E-state index contributed by atoms with van der Waals surface area (Å²) in [6, 6.07) is 0.687. The van der Waals surface area contributed by atoms with Crippen LogP contribution in [0, 0.1) is 5.92 Å². The van der Waals surface area contributed by atoms with Crippen molar-refractivity contribution in [3.63, 3.8) is 0 Å². The number of aromatic nitrogens is 3. The highest BCUT2D eigenvalue weighted by molar-refractivity contribution is 5.34. The average Bonchev–Trinajstić information content (AvgIpc) is 2.91. The summed E-state index contributed by atoms with van der Waals surface area (Å²) < 4.78 is 0. The van der Waals surface area contributed by atoms with Crippen molar-refractivity contribution in [2.24, 2.45) is 5.92 Å². The molecule has 6 nitrogen and oxygen atoms in total. The van der Waals surface area contributed by atoms with Crippen molar-refractivity contribution in [2.45, 2.75) is 45.6 Å². The summed E-state index contributed by atoms with van der Waals surface area (Å²) in [7, 11) is 2.26. The highest BCUT2D eigenvalue weighted by atomic mass is 15.4. The van der Waals surface area contributed by atoms with Gasteiger partial charge >= 0.3 is 0 Å². The maximum atomic E-state index is 5.58. The molecular weight excluding hydrogens is 252 g/mol. The molecule has 1 saturated heterocycles. The van der Waals surface area contributed by atoms with Crippen LogP contribution >= 0.6 is 0 Å². The third-order valence-corrected chi connectivity index (χ3v) is 4.53. The minimum atomic E-state index is 0.396. The molecule has 0 bridgehead atoms. The third kappa shape index (κ3) is 3.85. The first kappa shape index (κ1) is 15.1. The molecule has 0 spiro atoms. The van der Waals surface area contributed by atoms with E-state index in [-0.39, 0.29) is 0 Å². The summed E-state index contributed by atoms with van der Waals surface area (Å²) in [5.74, 6) is 1.96. The first-order valence-electron chi connectivity index (χ1n) is 7.73. The van der Waals surface area contributed by atoms with E-state index in [4.69, 9.17) is 5.73 Å². The molecule has 1 aliphatic heterocycles.